The maximum atomic E-state index is 13.9. The molecule has 8 heteroatoms. The van der Waals surface area contributed by atoms with Gasteiger partial charge in [0.1, 0.15) is 11.3 Å². The molecular formula is C17H15FN2O4S. The molecular weight excluding hydrogens is 347 g/mol. The van der Waals surface area contributed by atoms with Crippen molar-refractivity contribution in [1.29, 1.82) is 0 Å². The van der Waals surface area contributed by atoms with Crippen LogP contribution in [0.15, 0.2) is 47.2 Å². The molecule has 130 valence electrons. The van der Waals surface area contributed by atoms with E-state index >= 15 is 0 Å². The summed E-state index contributed by atoms with van der Waals surface area (Å²) in [6, 6.07) is 9.00. The van der Waals surface area contributed by atoms with Gasteiger partial charge in [-0.25, -0.2) is 22.5 Å². The van der Waals surface area contributed by atoms with Gasteiger partial charge in [0, 0.05) is 17.7 Å². The maximum Gasteiger partial charge on any atom is 0.201 e. The summed E-state index contributed by atoms with van der Waals surface area (Å²) < 4.78 is 42.2. The lowest BCUT2D eigenvalue weighted by Gasteiger charge is -2.06. The van der Waals surface area contributed by atoms with E-state index in [0.29, 0.717) is 35.1 Å². The number of ketones is 1. The van der Waals surface area contributed by atoms with Crippen LogP contribution in [0, 0.1) is 5.82 Å². The second-order valence-corrected chi connectivity index (χ2v) is 6.31. The van der Waals surface area contributed by atoms with Crippen LogP contribution in [-0.2, 0) is 17.3 Å². The minimum atomic E-state index is -2.64. The van der Waals surface area contributed by atoms with E-state index in [1.165, 1.54) is 18.5 Å². The second kappa shape index (κ2) is 7.54. The number of aryl methyl sites for hydroxylation is 1. The fraction of sp³-hybridized carbons (Fsp3) is 0.176. The van der Waals surface area contributed by atoms with Crippen molar-refractivity contribution >= 4 is 27.8 Å². The fourth-order valence-electron chi connectivity index (χ4n) is 2.55. The number of hydrogen-bond donors (Lipinski definition) is 2. The summed E-state index contributed by atoms with van der Waals surface area (Å²) >= 11 is 0. The van der Waals surface area contributed by atoms with E-state index in [1.54, 1.807) is 24.3 Å². The fourth-order valence-corrected chi connectivity index (χ4v) is 2.90. The van der Waals surface area contributed by atoms with Crippen molar-refractivity contribution in [1.82, 2.24) is 9.71 Å². The normalized spacial score (nSPS) is 11.3. The largest absolute Gasteiger partial charge is 0.443 e. The van der Waals surface area contributed by atoms with E-state index in [-0.39, 0.29) is 17.9 Å². The summed E-state index contributed by atoms with van der Waals surface area (Å²) in [5.74, 6) is -0.822. The molecule has 0 spiro atoms. The first-order chi connectivity index (χ1) is 12.0. The Bertz CT molecular complexity index is 989. The van der Waals surface area contributed by atoms with Crippen LogP contribution in [0.3, 0.4) is 0 Å². The number of oxazole rings is 1. The third-order valence-corrected chi connectivity index (χ3v) is 4.18. The van der Waals surface area contributed by atoms with E-state index in [2.05, 4.69) is 9.71 Å². The molecule has 0 atom stereocenters. The van der Waals surface area contributed by atoms with Crippen LogP contribution in [0.2, 0.25) is 0 Å². The van der Waals surface area contributed by atoms with Crippen LogP contribution < -0.4 is 4.72 Å². The summed E-state index contributed by atoms with van der Waals surface area (Å²) in [5, 5.41) is 0. The molecule has 0 amide bonds. The van der Waals surface area contributed by atoms with Gasteiger partial charge in [-0.2, -0.15) is 0 Å². The van der Waals surface area contributed by atoms with Crippen LogP contribution in [0.5, 0.6) is 0 Å². The Kier molecular flexibility index (Phi) is 5.20. The Morgan fingerprint density at radius 2 is 2.00 bits per heavy atom. The molecule has 0 bridgehead atoms. The molecule has 0 aliphatic heterocycles. The van der Waals surface area contributed by atoms with Crippen LogP contribution in [0.25, 0.3) is 11.1 Å². The highest BCUT2D eigenvalue weighted by Gasteiger charge is 2.13. The van der Waals surface area contributed by atoms with E-state index in [9.17, 15) is 17.6 Å². The van der Waals surface area contributed by atoms with Crippen molar-refractivity contribution in [2.24, 2.45) is 0 Å². The lowest BCUT2D eigenvalue weighted by molar-refractivity contribution is 0.103. The van der Waals surface area contributed by atoms with Gasteiger partial charge in [0.05, 0.1) is 0 Å². The van der Waals surface area contributed by atoms with Crippen molar-refractivity contribution in [3.63, 3.8) is 0 Å². The van der Waals surface area contributed by atoms with Gasteiger partial charge in [-0.05, 0) is 54.8 Å². The Labute approximate surface area is 144 Å². The lowest BCUT2D eigenvalue weighted by Crippen LogP contribution is -2.13. The topological polar surface area (TPSA) is 89.3 Å². The molecule has 0 aliphatic carbocycles. The van der Waals surface area contributed by atoms with Crippen molar-refractivity contribution in [2.45, 2.75) is 12.8 Å². The Hall–Kier alpha value is -2.58. The molecule has 3 aromatic rings. The summed E-state index contributed by atoms with van der Waals surface area (Å²) in [7, 11) is -2.64. The number of aromatic nitrogens is 1. The molecule has 0 unspecified atom stereocenters. The zero-order chi connectivity index (χ0) is 17.8. The molecule has 1 N–H and O–H groups in total. The predicted octanol–water partition coefficient (Wildman–Crippen LogP) is 2.25. The molecule has 0 fully saturated rings. The first kappa shape index (κ1) is 17.2. The van der Waals surface area contributed by atoms with Gasteiger partial charge in [-0.15, -0.1) is 0 Å². The molecule has 0 saturated carbocycles. The monoisotopic (exact) mass is 362 g/mol. The van der Waals surface area contributed by atoms with Crippen molar-refractivity contribution < 1.29 is 22.0 Å². The van der Waals surface area contributed by atoms with Gasteiger partial charge in [0.25, 0.3) is 0 Å². The minimum Gasteiger partial charge on any atom is -0.443 e. The van der Waals surface area contributed by atoms with Crippen molar-refractivity contribution in [3.8, 4) is 0 Å². The number of rotatable bonds is 7. The number of carbonyl (C=O) groups is 1. The number of carbonyl (C=O) groups excluding carboxylic acids is 1. The molecule has 3 rings (SSSR count). The average molecular weight is 362 g/mol. The number of fused-ring (bicyclic) bond motifs is 1. The first-order valence-corrected chi connectivity index (χ1v) is 8.76. The molecule has 0 radical (unpaired) electrons. The van der Waals surface area contributed by atoms with Gasteiger partial charge in [0.15, 0.2) is 17.8 Å². The van der Waals surface area contributed by atoms with Crippen molar-refractivity contribution in [2.75, 3.05) is 6.54 Å². The van der Waals surface area contributed by atoms with Gasteiger partial charge in [-0.1, -0.05) is 0 Å². The summed E-state index contributed by atoms with van der Waals surface area (Å²) in [6.07, 6.45) is 2.25. The molecule has 0 aliphatic rings. The van der Waals surface area contributed by atoms with Crippen LogP contribution in [0.4, 0.5) is 4.39 Å². The molecule has 1 aromatic heterocycles. The number of halogens is 1. The minimum absolute atomic E-state index is 0.237. The zero-order valence-corrected chi connectivity index (χ0v) is 14.0. The standard InChI is InChI=1S/C17H15FN2O4S/c18-14-7-11(2-1-5-20-25(22)23)6-13(8-14)17(21)12-3-4-16-15(9-12)19-10-24-16/h3-4,6-10,25H,1-2,5H2,(H,20,22,23). The third-order valence-electron chi connectivity index (χ3n) is 3.70. The number of nitrogens with one attached hydrogen (secondary N) is 1. The quantitative estimate of drug-likeness (QED) is 0.382. The van der Waals surface area contributed by atoms with E-state index in [0.717, 1.165) is 0 Å². The molecule has 1 heterocycles. The number of thiol groups is 1. The van der Waals surface area contributed by atoms with Crippen LogP contribution in [-0.4, -0.2) is 25.7 Å². The summed E-state index contributed by atoms with van der Waals surface area (Å²) in [4.78, 5) is 16.6. The number of benzene rings is 2. The second-order valence-electron chi connectivity index (χ2n) is 5.48. The summed E-state index contributed by atoms with van der Waals surface area (Å²) in [5.41, 5.74) is 2.39. The molecule has 6 nitrogen and oxygen atoms in total. The highest BCUT2D eigenvalue weighted by Crippen LogP contribution is 2.19. The molecule has 25 heavy (non-hydrogen) atoms. The highest BCUT2D eigenvalue weighted by atomic mass is 32.2. The Morgan fingerprint density at radius 1 is 1.16 bits per heavy atom. The maximum absolute atomic E-state index is 13.9. The van der Waals surface area contributed by atoms with Gasteiger partial charge in [0.2, 0.25) is 10.9 Å². The molecule has 0 saturated heterocycles. The van der Waals surface area contributed by atoms with Crippen LogP contribution in [0.1, 0.15) is 27.9 Å². The van der Waals surface area contributed by atoms with Gasteiger partial charge < -0.3 is 4.42 Å². The van der Waals surface area contributed by atoms with Gasteiger partial charge >= 0.3 is 0 Å². The summed E-state index contributed by atoms with van der Waals surface area (Å²) in [6.45, 7) is 0.265. The Balaban J connectivity index is 1.79. The third kappa shape index (κ3) is 4.28. The predicted molar refractivity (Wildman–Crippen MR) is 90.5 cm³/mol. The first-order valence-electron chi connectivity index (χ1n) is 7.58. The van der Waals surface area contributed by atoms with Gasteiger partial charge in [-0.3, -0.25) is 4.79 Å². The van der Waals surface area contributed by atoms with E-state index in [4.69, 9.17) is 4.42 Å². The smallest absolute Gasteiger partial charge is 0.201 e. The number of hydrogen-bond acceptors (Lipinski definition) is 5. The number of nitrogens with zero attached hydrogens (tertiary/aromatic N) is 1. The van der Waals surface area contributed by atoms with E-state index < -0.39 is 16.7 Å². The van der Waals surface area contributed by atoms with E-state index in [1.807, 2.05) is 0 Å². The zero-order valence-electron chi connectivity index (χ0n) is 13.1. The lowest BCUT2D eigenvalue weighted by atomic mass is 9.99. The SMILES string of the molecule is O=C(c1cc(F)cc(CCCN[SH](=O)=O)c1)c1ccc2ocnc2c1. The highest BCUT2D eigenvalue weighted by molar-refractivity contribution is 7.70. The van der Waals surface area contributed by atoms with Crippen molar-refractivity contribution in [3.05, 3.63) is 65.3 Å². The Morgan fingerprint density at radius 3 is 2.80 bits per heavy atom. The average Bonchev–Trinajstić information content (AvgIpc) is 3.05. The molecule has 2 aromatic carbocycles. The van der Waals surface area contributed by atoms with Crippen LogP contribution >= 0.6 is 0 Å².